The fraction of sp³-hybridized carbons (Fsp3) is 0.667. The van der Waals surface area contributed by atoms with E-state index < -0.39 is 0 Å². The fourth-order valence-corrected chi connectivity index (χ4v) is 4.20. The van der Waals surface area contributed by atoms with Crippen molar-refractivity contribution in [3.63, 3.8) is 0 Å². The van der Waals surface area contributed by atoms with Crippen molar-refractivity contribution < 1.29 is 4.74 Å². The summed E-state index contributed by atoms with van der Waals surface area (Å²) in [4.78, 5) is 1.15. The standard InChI is InChI=1S/C12H16Cl2OS/c1-6-7(2)15-8(3)11(6)12(14)9-4-5-10(13)16-9/h4-8,11-12H,1-3H3. The summed E-state index contributed by atoms with van der Waals surface area (Å²) in [6.07, 6.45) is 0.505. The predicted molar refractivity (Wildman–Crippen MR) is 70.6 cm³/mol. The van der Waals surface area contributed by atoms with Crippen LogP contribution in [0.15, 0.2) is 12.1 Å². The van der Waals surface area contributed by atoms with Gasteiger partial charge in [-0.25, -0.2) is 0 Å². The highest BCUT2D eigenvalue weighted by molar-refractivity contribution is 7.16. The second kappa shape index (κ2) is 4.85. The van der Waals surface area contributed by atoms with Gasteiger partial charge in [-0.2, -0.15) is 0 Å². The molecule has 2 heterocycles. The molecule has 0 saturated carbocycles. The molecule has 1 aromatic rings. The molecule has 4 heteroatoms. The Hall–Kier alpha value is 0.240. The number of hydrogen-bond donors (Lipinski definition) is 0. The highest BCUT2D eigenvalue weighted by Gasteiger charge is 2.41. The van der Waals surface area contributed by atoms with E-state index in [1.165, 1.54) is 0 Å². The van der Waals surface area contributed by atoms with E-state index in [-0.39, 0.29) is 17.6 Å². The molecular weight excluding hydrogens is 263 g/mol. The van der Waals surface area contributed by atoms with Crippen LogP contribution in [0.25, 0.3) is 0 Å². The average Bonchev–Trinajstić information content (AvgIpc) is 2.73. The molecule has 1 fully saturated rings. The fourth-order valence-electron chi connectivity index (χ4n) is 2.46. The van der Waals surface area contributed by atoms with Crippen LogP contribution in [0, 0.1) is 11.8 Å². The molecule has 0 radical (unpaired) electrons. The van der Waals surface area contributed by atoms with Crippen molar-refractivity contribution in [1.82, 2.24) is 0 Å². The third kappa shape index (κ3) is 2.26. The Kier molecular flexibility index (Phi) is 3.85. The van der Waals surface area contributed by atoms with Gasteiger partial charge >= 0.3 is 0 Å². The van der Waals surface area contributed by atoms with Gasteiger partial charge in [0.15, 0.2) is 0 Å². The van der Waals surface area contributed by atoms with Crippen LogP contribution in [0.1, 0.15) is 31.0 Å². The van der Waals surface area contributed by atoms with E-state index in [9.17, 15) is 0 Å². The van der Waals surface area contributed by atoms with Crippen LogP contribution in [0.3, 0.4) is 0 Å². The lowest BCUT2D eigenvalue weighted by Crippen LogP contribution is -2.21. The van der Waals surface area contributed by atoms with E-state index in [4.69, 9.17) is 27.9 Å². The zero-order valence-electron chi connectivity index (χ0n) is 9.61. The first-order valence-corrected chi connectivity index (χ1v) is 7.18. The summed E-state index contributed by atoms with van der Waals surface area (Å²) >= 11 is 14.1. The van der Waals surface area contributed by atoms with E-state index in [0.29, 0.717) is 11.8 Å². The van der Waals surface area contributed by atoms with E-state index >= 15 is 0 Å². The van der Waals surface area contributed by atoms with Gasteiger partial charge in [0.1, 0.15) is 0 Å². The van der Waals surface area contributed by atoms with Crippen molar-refractivity contribution in [2.75, 3.05) is 0 Å². The molecule has 1 aliphatic heterocycles. The molecule has 0 amide bonds. The molecule has 2 rings (SSSR count). The number of rotatable bonds is 2. The van der Waals surface area contributed by atoms with Crippen LogP contribution >= 0.6 is 34.5 Å². The molecule has 1 aliphatic rings. The summed E-state index contributed by atoms with van der Waals surface area (Å²) in [6.45, 7) is 6.44. The van der Waals surface area contributed by atoms with Crippen LogP contribution in [0.2, 0.25) is 4.34 Å². The van der Waals surface area contributed by atoms with Crippen molar-refractivity contribution in [3.8, 4) is 0 Å². The first kappa shape index (κ1) is 12.7. The maximum absolute atomic E-state index is 6.55. The average molecular weight is 279 g/mol. The van der Waals surface area contributed by atoms with E-state index in [2.05, 4.69) is 20.8 Å². The monoisotopic (exact) mass is 278 g/mol. The lowest BCUT2D eigenvalue weighted by Gasteiger charge is -2.23. The van der Waals surface area contributed by atoms with Crippen LogP contribution in [0.5, 0.6) is 0 Å². The number of thiophene rings is 1. The van der Waals surface area contributed by atoms with Gasteiger partial charge in [-0.05, 0) is 31.9 Å². The van der Waals surface area contributed by atoms with Crippen molar-refractivity contribution in [2.24, 2.45) is 11.8 Å². The van der Waals surface area contributed by atoms with Crippen LogP contribution in [-0.2, 0) is 4.74 Å². The van der Waals surface area contributed by atoms with Gasteiger partial charge in [-0.3, -0.25) is 0 Å². The predicted octanol–water partition coefficient (Wildman–Crippen LogP) is 4.74. The first-order valence-electron chi connectivity index (χ1n) is 5.55. The zero-order chi connectivity index (χ0) is 11.9. The number of alkyl halides is 1. The molecule has 0 bridgehead atoms. The SMILES string of the molecule is CC1OC(C)C(C(Cl)c2ccc(Cl)s2)C1C. The minimum atomic E-state index is 0.00690. The third-order valence-electron chi connectivity index (χ3n) is 3.52. The summed E-state index contributed by atoms with van der Waals surface area (Å²) in [7, 11) is 0. The van der Waals surface area contributed by atoms with Crippen molar-refractivity contribution in [1.29, 1.82) is 0 Å². The molecule has 5 atom stereocenters. The van der Waals surface area contributed by atoms with E-state index in [1.54, 1.807) is 11.3 Å². The molecule has 0 N–H and O–H groups in total. The second-order valence-electron chi connectivity index (χ2n) is 4.53. The lowest BCUT2D eigenvalue weighted by molar-refractivity contribution is 0.0508. The Morgan fingerprint density at radius 3 is 2.38 bits per heavy atom. The Morgan fingerprint density at radius 1 is 1.25 bits per heavy atom. The molecule has 1 nitrogen and oxygen atoms in total. The zero-order valence-corrected chi connectivity index (χ0v) is 11.9. The molecule has 0 aliphatic carbocycles. The molecular formula is C12H16Cl2OS. The minimum absolute atomic E-state index is 0.00690. The Labute approximate surface area is 111 Å². The van der Waals surface area contributed by atoms with Crippen LogP contribution in [-0.4, -0.2) is 12.2 Å². The van der Waals surface area contributed by atoms with Gasteiger partial charge < -0.3 is 4.74 Å². The minimum Gasteiger partial charge on any atom is -0.375 e. The summed E-state index contributed by atoms with van der Waals surface area (Å²) in [5, 5.41) is 0.00690. The molecule has 0 aromatic carbocycles. The summed E-state index contributed by atoms with van der Waals surface area (Å²) in [5.74, 6) is 0.852. The molecule has 90 valence electrons. The summed E-state index contributed by atoms with van der Waals surface area (Å²) in [6, 6.07) is 3.93. The molecule has 1 aromatic heterocycles. The quantitative estimate of drug-likeness (QED) is 0.710. The van der Waals surface area contributed by atoms with Crippen molar-refractivity contribution in [2.45, 2.75) is 38.4 Å². The maximum Gasteiger partial charge on any atom is 0.0931 e. The van der Waals surface area contributed by atoms with Gasteiger partial charge in [0.25, 0.3) is 0 Å². The van der Waals surface area contributed by atoms with Gasteiger partial charge in [-0.15, -0.1) is 22.9 Å². The molecule has 5 unspecified atom stereocenters. The molecule has 0 spiro atoms. The summed E-state index contributed by atoms with van der Waals surface area (Å²) in [5.41, 5.74) is 0. The van der Waals surface area contributed by atoms with Crippen LogP contribution in [0.4, 0.5) is 0 Å². The highest BCUT2D eigenvalue weighted by Crippen LogP contribution is 2.45. The van der Waals surface area contributed by atoms with Gasteiger partial charge in [0, 0.05) is 10.8 Å². The van der Waals surface area contributed by atoms with Crippen LogP contribution < -0.4 is 0 Å². The van der Waals surface area contributed by atoms with Crippen molar-refractivity contribution >= 4 is 34.5 Å². The normalized spacial score (nSPS) is 36.6. The Balaban J connectivity index is 2.18. The molecule has 16 heavy (non-hydrogen) atoms. The molecule has 1 saturated heterocycles. The highest BCUT2D eigenvalue weighted by atomic mass is 35.5. The van der Waals surface area contributed by atoms with E-state index in [0.717, 1.165) is 9.21 Å². The Morgan fingerprint density at radius 2 is 1.94 bits per heavy atom. The van der Waals surface area contributed by atoms with Gasteiger partial charge in [-0.1, -0.05) is 18.5 Å². The Bertz CT molecular complexity index is 366. The number of halogens is 2. The largest absolute Gasteiger partial charge is 0.375 e. The van der Waals surface area contributed by atoms with E-state index in [1.807, 2.05) is 12.1 Å². The lowest BCUT2D eigenvalue weighted by atomic mass is 9.86. The van der Waals surface area contributed by atoms with Crippen molar-refractivity contribution in [3.05, 3.63) is 21.3 Å². The van der Waals surface area contributed by atoms with Gasteiger partial charge in [0.05, 0.1) is 21.9 Å². The third-order valence-corrected chi connectivity index (χ3v) is 5.49. The summed E-state index contributed by atoms with van der Waals surface area (Å²) < 4.78 is 6.62. The number of hydrogen-bond acceptors (Lipinski definition) is 2. The smallest absolute Gasteiger partial charge is 0.0931 e. The topological polar surface area (TPSA) is 9.23 Å². The first-order chi connectivity index (χ1) is 7.50. The van der Waals surface area contributed by atoms with Gasteiger partial charge in [0.2, 0.25) is 0 Å². The second-order valence-corrected chi connectivity index (χ2v) is 6.74. The number of ether oxygens (including phenoxy) is 1. The maximum atomic E-state index is 6.55.